The summed E-state index contributed by atoms with van der Waals surface area (Å²) < 4.78 is 0. The van der Waals surface area contributed by atoms with Crippen LogP contribution in [0.3, 0.4) is 0 Å². The van der Waals surface area contributed by atoms with Gasteiger partial charge >= 0.3 is 0 Å². The van der Waals surface area contributed by atoms with Crippen molar-refractivity contribution in [1.82, 2.24) is 5.32 Å². The zero-order chi connectivity index (χ0) is 11.6. The molecule has 0 aliphatic rings. The summed E-state index contributed by atoms with van der Waals surface area (Å²) in [5, 5.41) is 11.9. The van der Waals surface area contributed by atoms with E-state index in [-0.39, 0.29) is 16.9 Å². The van der Waals surface area contributed by atoms with Gasteiger partial charge in [-0.25, -0.2) is 0 Å². The molecule has 0 saturated carbocycles. The lowest BCUT2D eigenvalue weighted by molar-refractivity contribution is -0.130. The van der Waals surface area contributed by atoms with Crippen molar-refractivity contribution in [1.29, 1.82) is 0 Å². The molecule has 0 aliphatic heterocycles. The first-order chi connectivity index (χ1) is 6.03. The maximum absolute atomic E-state index is 11.3. The van der Waals surface area contributed by atoms with Crippen LogP contribution >= 0.6 is 0 Å². The third-order valence-electron chi connectivity index (χ3n) is 1.81. The Labute approximate surface area is 86.9 Å². The third-order valence-corrected chi connectivity index (χ3v) is 1.81. The highest BCUT2D eigenvalue weighted by molar-refractivity contribution is 5.80. The molecule has 2 N–H and O–H groups in total. The van der Waals surface area contributed by atoms with Crippen molar-refractivity contribution in [3.8, 4) is 0 Å². The van der Waals surface area contributed by atoms with Crippen LogP contribution in [0, 0.1) is 5.41 Å². The molecule has 14 heavy (non-hydrogen) atoms. The molecule has 1 amide bonds. The molecule has 0 bridgehead atoms. The third kappa shape index (κ3) is 5.97. The average Bonchev–Trinajstić information content (AvgIpc) is 1.78. The van der Waals surface area contributed by atoms with Crippen molar-refractivity contribution in [2.75, 3.05) is 0 Å². The summed E-state index contributed by atoms with van der Waals surface area (Å²) in [5.74, 6) is -0.306. The van der Waals surface area contributed by atoms with Crippen molar-refractivity contribution in [3.63, 3.8) is 0 Å². The normalized spacial score (nSPS) is 15.1. The Morgan fingerprint density at radius 3 is 2.00 bits per heavy atom. The van der Waals surface area contributed by atoms with Crippen molar-refractivity contribution in [3.05, 3.63) is 0 Å². The van der Waals surface area contributed by atoms with Crippen LogP contribution in [0.15, 0.2) is 0 Å². The Balaban J connectivity index is 4.28. The van der Waals surface area contributed by atoms with Gasteiger partial charge < -0.3 is 10.4 Å². The molecule has 0 aliphatic carbocycles. The largest absolute Gasteiger partial charge is 0.384 e. The molecule has 0 fully saturated rings. The summed E-state index contributed by atoms with van der Waals surface area (Å²) in [6.07, 6.45) is -0.0624. The SMILES string of the molecule is CC(O)C(=O)NC(C)(C)CC(C)(C)C. The maximum atomic E-state index is 11.3. The molecule has 0 radical (unpaired) electrons. The van der Waals surface area contributed by atoms with Gasteiger partial charge in [0.25, 0.3) is 0 Å². The predicted molar refractivity (Wildman–Crippen MR) is 58.0 cm³/mol. The number of carbonyl (C=O) groups is 1. The van der Waals surface area contributed by atoms with E-state index in [2.05, 4.69) is 26.1 Å². The van der Waals surface area contributed by atoms with E-state index in [9.17, 15) is 4.79 Å². The van der Waals surface area contributed by atoms with Gasteiger partial charge in [-0.1, -0.05) is 20.8 Å². The molecule has 0 aromatic heterocycles. The minimum atomic E-state index is -0.936. The summed E-state index contributed by atoms with van der Waals surface area (Å²) in [5.41, 5.74) is -0.109. The average molecular weight is 201 g/mol. The van der Waals surface area contributed by atoms with E-state index in [1.165, 1.54) is 6.92 Å². The van der Waals surface area contributed by atoms with Crippen LogP contribution in [0.1, 0.15) is 48.0 Å². The first-order valence-electron chi connectivity index (χ1n) is 5.04. The number of amides is 1. The van der Waals surface area contributed by atoms with Gasteiger partial charge in [-0.05, 0) is 32.6 Å². The summed E-state index contributed by atoms with van der Waals surface area (Å²) in [7, 11) is 0. The van der Waals surface area contributed by atoms with Gasteiger partial charge in [-0.3, -0.25) is 4.79 Å². The summed E-state index contributed by atoms with van der Waals surface area (Å²) in [4.78, 5) is 11.3. The van der Waals surface area contributed by atoms with Crippen LogP contribution in [0.25, 0.3) is 0 Å². The van der Waals surface area contributed by atoms with E-state index >= 15 is 0 Å². The molecular formula is C11H23NO2. The van der Waals surface area contributed by atoms with Gasteiger partial charge in [-0.15, -0.1) is 0 Å². The van der Waals surface area contributed by atoms with E-state index < -0.39 is 6.10 Å². The van der Waals surface area contributed by atoms with Crippen LogP contribution in [-0.2, 0) is 4.79 Å². The highest BCUT2D eigenvalue weighted by Crippen LogP contribution is 2.26. The highest BCUT2D eigenvalue weighted by atomic mass is 16.3. The highest BCUT2D eigenvalue weighted by Gasteiger charge is 2.27. The second-order valence-electron chi connectivity index (χ2n) is 5.79. The van der Waals surface area contributed by atoms with Gasteiger partial charge in [-0.2, -0.15) is 0 Å². The zero-order valence-electron chi connectivity index (χ0n) is 10.1. The van der Waals surface area contributed by atoms with Gasteiger partial charge in [0, 0.05) is 5.54 Å². The molecular weight excluding hydrogens is 178 g/mol. The van der Waals surface area contributed by atoms with E-state index in [1.807, 2.05) is 13.8 Å². The standard InChI is InChI=1S/C11H23NO2/c1-8(13)9(14)12-11(5,6)7-10(2,3)4/h8,13H,7H2,1-6H3,(H,12,14). The first kappa shape index (κ1) is 13.4. The number of aliphatic hydroxyl groups is 1. The quantitative estimate of drug-likeness (QED) is 0.730. The monoisotopic (exact) mass is 201 g/mol. The summed E-state index contributed by atoms with van der Waals surface area (Å²) in [6.45, 7) is 11.8. The fourth-order valence-electron chi connectivity index (χ4n) is 1.81. The minimum Gasteiger partial charge on any atom is -0.384 e. The Hall–Kier alpha value is -0.570. The molecule has 0 saturated heterocycles. The van der Waals surface area contributed by atoms with Gasteiger partial charge in [0.05, 0.1) is 0 Å². The first-order valence-corrected chi connectivity index (χ1v) is 5.04. The van der Waals surface area contributed by atoms with Crippen LogP contribution in [-0.4, -0.2) is 22.7 Å². The van der Waals surface area contributed by atoms with Crippen LogP contribution in [0.4, 0.5) is 0 Å². The van der Waals surface area contributed by atoms with Crippen LogP contribution < -0.4 is 5.32 Å². The number of rotatable bonds is 3. The maximum Gasteiger partial charge on any atom is 0.248 e. The second-order valence-corrected chi connectivity index (χ2v) is 5.79. The van der Waals surface area contributed by atoms with Crippen molar-refractivity contribution < 1.29 is 9.90 Å². The van der Waals surface area contributed by atoms with Crippen LogP contribution in [0.5, 0.6) is 0 Å². The molecule has 0 aromatic carbocycles. The Morgan fingerprint density at radius 2 is 1.71 bits per heavy atom. The lowest BCUT2D eigenvalue weighted by Crippen LogP contribution is -2.48. The molecule has 1 unspecified atom stereocenters. The molecule has 84 valence electrons. The van der Waals surface area contributed by atoms with Gasteiger partial charge in [0.2, 0.25) is 5.91 Å². The fourth-order valence-corrected chi connectivity index (χ4v) is 1.81. The minimum absolute atomic E-state index is 0.162. The molecule has 0 heterocycles. The molecule has 3 heteroatoms. The van der Waals surface area contributed by atoms with Crippen LogP contribution in [0.2, 0.25) is 0 Å². The Morgan fingerprint density at radius 1 is 1.29 bits per heavy atom. The molecule has 1 atom stereocenters. The van der Waals surface area contributed by atoms with Crippen molar-refractivity contribution in [2.24, 2.45) is 5.41 Å². The predicted octanol–water partition coefficient (Wildman–Crippen LogP) is 1.70. The Bertz CT molecular complexity index is 202. The van der Waals surface area contributed by atoms with E-state index in [0.29, 0.717) is 0 Å². The topological polar surface area (TPSA) is 49.3 Å². The number of hydrogen-bond acceptors (Lipinski definition) is 2. The number of carbonyl (C=O) groups excluding carboxylic acids is 1. The lowest BCUT2D eigenvalue weighted by Gasteiger charge is -2.33. The van der Waals surface area contributed by atoms with Gasteiger partial charge in [0.1, 0.15) is 6.10 Å². The molecule has 0 spiro atoms. The van der Waals surface area contributed by atoms with E-state index in [0.717, 1.165) is 6.42 Å². The zero-order valence-corrected chi connectivity index (χ0v) is 10.1. The molecule has 0 rings (SSSR count). The molecule has 0 aromatic rings. The summed E-state index contributed by atoms with van der Waals surface area (Å²) in [6, 6.07) is 0. The smallest absolute Gasteiger partial charge is 0.248 e. The number of aliphatic hydroxyl groups excluding tert-OH is 1. The number of hydrogen-bond donors (Lipinski definition) is 2. The number of nitrogens with one attached hydrogen (secondary N) is 1. The fraction of sp³-hybridized carbons (Fsp3) is 0.909. The lowest BCUT2D eigenvalue weighted by atomic mass is 9.82. The van der Waals surface area contributed by atoms with E-state index in [1.54, 1.807) is 0 Å². The second kappa shape index (κ2) is 4.30. The van der Waals surface area contributed by atoms with Gasteiger partial charge in [0.15, 0.2) is 0 Å². The van der Waals surface area contributed by atoms with E-state index in [4.69, 9.17) is 5.11 Å². The molecule has 3 nitrogen and oxygen atoms in total. The van der Waals surface area contributed by atoms with Crippen molar-refractivity contribution in [2.45, 2.75) is 59.6 Å². The Kier molecular flexibility index (Phi) is 4.13. The summed E-state index contributed by atoms with van der Waals surface area (Å²) >= 11 is 0. The van der Waals surface area contributed by atoms with Crippen molar-refractivity contribution >= 4 is 5.91 Å².